The maximum Gasteiger partial charge on any atom is 0.323 e. The fourth-order valence-electron chi connectivity index (χ4n) is 2.06. The zero-order valence-electron chi connectivity index (χ0n) is 12.2. The highest BCUT2D eigenvalue weighted by molar-refractivity contribution is 5.90. The van der Waals surface area contributed by atoms with E-state index in [0.717, 1.165) is 18.8 Å². The van der Waals surface area contributed by atoms with E-state index < -0.39 is 0 Å². The highest BCUT2D eigenvalue weighted by Gasteiger charge is 2.17. The molecule has 0 heterocycles. The number of nitrogens with one attached hydrogen (secondary N) is 2. The summed E-state index contributed by atoms with van der Waals surface area (Å²) in [7, 11) is 0. The lowest BCUT2D eigenvalue weighted by atomic mass is 10.2. The van der Waals surface area contributed by atoms with Gasteiger partial charge in [-0.15, -0.1) is 0 Å². The van der Waals surface area contributed by atoms with E-state index in [1.54, 1.807) is 6.20 Å². The second-order valence-corrected chi connectivity index (χ2v) is 5.01. The Kier molecular flexibility index (Phi) is 5.04. The van der Waals surface area contributed by atoms with Crippen molar-refractivity contribution in [2.24, 2.45) is 5.92 Å². The quantitative estimate of drug-likeness (QED) is 0.832. The average Bonchev–Trinajstić information content (AvgIpc) is 3.26. The van der Waals surface area contributed by atoms with Gasteiger partial charge in [0.1, 0.15) is 0 Å². The molecule has 1 aliphatic carbocycles. The zero-order chi connectivity index (χ0) is 14.4. The molecule has 2 amide bonds. The van der Waals surface area contributed by atoms with Crippen LogP contribution in [-0.4, -0.2) is 19.1 Å². The minimum Gasteiger partial charge on any atom is -0.372 e. The Labute approximate surface area is 120 Å². The van der Waals surface area contributed by atoms with Crippen molar-refractivity contribution >= 4 is 17.4 Å². The van der Waals surface area contributed by atoms with Gasteiger partial charge in [0.25, 0.3) is 0 Å². The summed E-state index contributed by atoms with van der Waals surface area (Å²) in [4.78, 5) is 13.9. The Bertz CT molecular complexity index is 459. The van der Waals surface area contributed by atoms with Gasteiger partial charge in [0.15, 0.2) is 0 Å². The summed E-state index contributed by atoms with van der Waals surface area (Å²) in [5.41, 5.74) is 1.98. The molecule has 1 aromatic rings. The fraction of sp³-hybridized carbons (Fsp3) is 0.438. The Morgan fingerprint density at radius 3 is 2.45 bits per heavy atom. The molecule has 0 spiro atoms. The molecule has 0 radical (unpaired) electrons. The molecule has 1 aliphatic rings. The summed E-state index contributed by atoms with van der Waals surface area (Å²) in [5.74, 6) is 0.670. The standard InChI is InChI=1S/C16H23N3O/c1-3-19(4-2)15-9-7-14(8-10-15)18-16(20)17-12-11-13-5-6-13/h7-13H,3-6H2,1-2H3,(H2,17,18,20)/b12-11+. The topological polar surface area (TPSA) is 44.4 Å². The van der Waals surface area contributed by atoms with Crippen LogP contribution in [0, 0.1) is 5.92 Å². The van der Waals surface area contributed by atoms with E-state index in [0.29, 0.717) is 5.92 Å². The van der Waals surface area contributed by atoms with E-state index in [2.05, 4.69) is 29.4 Å². The molecule has 0 atom stereocenters. The molecule has 1 fully saturated rings. The van der Waals surface area contributed by atoms with Crippen molar-refractivity contribution in [2.45, 2.75) is 26.7 Å². The zero-order valence-corrected chi connectivity index (χ0v) is 12.2. The van der Waals surface area contributed by atoms with Crippen molar-refractivity contribution in [3.05, 3.63) is 36.5 Å². The van der Waals surface area contributed by atoms with Crippen LogP contribution < -0.4 is 15.5 Å². The molecule has 0 bridgehead atoms. The monoisotopic (exact) mass is 273 g/mol. The number of nitrogens with zero attached hydrogens (tertiary/aromatic N) is 1. The third-order valence-electron chi connectivity index (χ3n) is 3.46. The molecule has 0 aromatic heterocycles. The first kappa shape index (κ1) is 14.4. The number of amides is 2. The van der Waals surface area contributed by atoms with Crippen LogP contribution in [0.4, 0.5) is 16.2 Å². The van der Waals surface area contributed by atoms with Crippen LogP contribution >= 0.6 is 0 Å². The predicted molar refractivity (Wildman–Crippen MR) is 84.0 cm³/mol. The van der Waals surface area contributed by atoms with Gasteiger partial charge in [-0.2, -0.15) is 0 Å². The molecule has 108 valence electrons. The Balaban J connectivity index is 1.84. The van der Waals surface area contributed by atoms with E-state index >= 15 is 0 Å². The number of anilines is 2. The van der Waals surface area contributed by atoms with Gasteiger partial charge in [-0.3, -0.25) is 0 Å². The maximum absolute atomic E-state index is 11.7. The summed E-state index contributed by atoms with van der Waals surface area (Å²) >= 11 is 0. The summed E-state index contributed by atoms with van der Waals surface area (Å²) in [6.45, 7) is 6.23. The lowest BCUT2D eigenvalue weighted by Crippen LogP contribution is -2.24. The van der Waals surface area contributed by atoms with E-state index in [9.17, 15) is 4.79 Å². The van der Waals surface area contributed by atoms with Crippen LogP contribution in [0.1, 0.15) is 26.7 Å². The third-order valence-corrected chi connectivity index (χ3v) is 3.46. The smallest absolute Gasteiger partial charge is 0.323 e. The van der Waals surface area contributed by atoms with Crippen LogP contribution in [0.15, 0.2) is 36.5 Å². The van der Waals surface area contributed by atoms with E-state index in [-0.39, 0.29) is 6.03 Å². The number of hydrogen-bond acceptors (Lipinski definition) is 2. The maximum atomic E-state index is 11.7. The highest BCUT2D eigenvalue weighted by Crippen LogP contribution is 2.29. The van der Waals surface area contributed by atoms with E-state index in [4.69, 9.17) is 0 Å². The first-order chi connectivity index (χ1) is 9.72. The second kappa shape index (κ2) is 6.98. The molecule has 1 aromatic carbocycles. The highest BCUT2D eigenvalue weighted by atomic mass is 16.2. The molecule has 0 unspecified atom stereocenters. The predicted octanol–water partition coefficient (Wildman–Crippen LogP) is 3.58. The van der Waals surface area contributed by atoms with Crippen molar-refractivity contribution in [1.29, 1.82) is 0 Å². The van der Waals surface area contributed by atoms with Gasteiger partial charge in [0.05, 0.1) is 0 Å². The molecular weight excluding hydrogens is 250 g/mol. The normalized spacial score (nSPS) is 14.3. The third kappa shape index (κ3) is 4.30. The second-order valence-electron chi connectivity index (χ2n) is 5.01. The van der Waals surface area contributed by atoms with Gasteiger partial charge in [-0.1, -0.05) is 6.08 Å². The summed E-state index contributed by atoms with van der Waals surface area (Å²) in [5, 5.41) is 5.54. The van der Waals surface area contributed by atoms with Crippen molar-refractivity contribution in [1.82, 2.24) is 5.32 Å². The Morgan fingerprint density at radius 1 is 1.25 bits per heavy atom. The number of allylic oxidation sites excluding steroid dienone is 1. The van der Waals surface area contributed by atoms with Gasteiger partial charge in [0, 0.05) is 30.7 Å². The number of hydrogen-bond donors (Lipinski definition) is 2. The summed E-state index contributed by atoms with van der Waals surface area (Å²) in [6.07, 6.45) is 6.26. The Morgan fingerprint density at radius 2 is 1.90 bits per heavy atom. The molecular formula is C16H23N3O. The van der Waals surface area contributed by atoms with Crippen LogP contribution in [0.3, 0.4) is 0 Å². The van der Waals surface area contributed by atoms with Crippen molar-refractivity contribution in [3.63, 3.8) is 0 Å². The van der Waals surface area contributed by atoms with Gasteiger partial charge in [-0.05, 0) is 56.9 Å². The molecule has 4 heteroatoms. The van der Waals surface area contributed by atoms with Crippen molar-refractivity contribution in [2.75, 3.05) is 23.3 Å². The summed E-state index contributed by atoms with van der Waals surface area (Å²) < 4.78 is 0. The van der Waals surface area contributed by atoms with Crippen molar-refractivity contribution < 1.29 is 4.79 Å². The minimum absolute atomic E-state index is 0.197. The average molecular weight is 273 g/mol. The number of rotatable bonds is 6. The number of urea groups is 1. The largest absolute Gasteiger partial charge is 0.372 e. The van der Waals surface area contributed by atoms with Crippen LogP contribution in [0.2, 0.25) is 0 Å². The van der Waals surface area contributed by atoms with Gasteiger partial charge in [-0.25, -0.2) is 4.79 Å². The fourth-order valence-corrected chi connectivity index (χ4v) is 2.06. The first-order valence-corrected chi connectivity index (χ1v) is 7.32. The van der Waals surface area contributed by atoms with E-state index in [1.807, 2.05) is 30.3 Å². The molecule has 2 N–H and O–H groups in total. The molecule has 4 nitrogen and oxygen atoms in total. The van der Waals surface area contributed by atoms with Gasteiger partial charge in [0.2, 0.25) is 0 Å². The number of carbonyl (C=O) groups excluding carboxylic acids is 1. The first-order valence-electron chi connectivity index (χ1n) is 7.32. The minimum atomic E-state index is -0.197. The van der Waals surface area contributed by atoms with E-state index in [1.165, 1.54) is 18.5 Å². The summed E-state index contributed by atoms with van der Waals surface area (Å²) in [6, 6.07) is 7.72. The van der Waals surface area contributed by atoms with Crippen LogP contribution in [0.25, 0.3) is 0 Å². The number of carbonyl (C=O) groups is 1. The lowest BCUT2D eigenvalue weighted by molar-refractivity contribution is 0.255. The van der Waals surface area contributed by atoms with Gasteiger partial charge >= 0.3 is 6.03 Å². The Hall–Kier alpha value is -1.97. The number of benzene rings is 1. The SMILES string of the molecule is CCN(CC)c1ccc(NC(=O)N/C=C/C2CC2)cc1. The molecule has 1 saturated carbocycles. The van der Waals surface area contributed by atoms with Crippen LogP contribution in [0.5, 0.6) is 0 Å². The molecule has 0 aliphatic heterocycles. The molecule has 2 rings (SSSR count). The van der Waals surface area contributed by atoms with Gasteiger partial charge < -0.3 is 15.5 Å². The van der Waals surface area contributed by atoms with Crippen molar-refractivity contribution in [3.8, 4) is 0 Å². The molecule has 0 saturated heterocycles. The lowest BCUT2D eigenvalue weighted by Gasteiger charge is -2.21. The van der Waals surface area contributed by atoms with Crippen LogP contribution in [-0.2, 0) is 0 Å². The molecule has 20 heavy (non-hydrogen) atoms.